The topological polar surface area (TPSA) is 97.0 Å². The Balaban J connectivity index is 1.55. The van der Waals surface area contributed by atoms with Crippen molar-refractivity contribution >= 4 is 16.9 Å². The summed E-state index contributed by atoms with van der Waals surface area (Å²) < 4.78 is 7.96. The van der Waals surface area contributed by atoms with Gasteiger partial charge in [-0.2, -0.15) is 4.98 Å². The van der Waals surface area contributed by atoms with Gasteiger partial charge in [0.25, 0.3) is 0 Å². The molecule has 1 atom stereocenters. The van der Waals surface area contributed by atoms with Crippen molar-refractivity contribution in [3.05, 3.63) is 36.4 Å². The molecule has 1 aromatic carbocycles. The molecule has 0 bridgehead atoms. The van der Waals surface area contributed by atoms with Crippen LogP contribution in [0, 0.1) is 5.41 Å². The van der Waals surface area contributed by atoms with Gasteiger partial charge < -0.3 is 19.7 Å². The Morgan fingerprint density at radius 1 is 1.20 bits per heavy atom. The summed E-state index contributed by atoms with van der Waals surface area (Å²) >= 11 is 0. The van der Waals surface area contributed by atoms with Crippen LogP contribution in [-0.4, -0.2) is 32.1 Å². The fourth-order valence-corrected chi connectivity index (χ4v) is 4.46. The van der Waals surface area contributed by atoms with E-state index in [2.05, 4.69) is 41.0 Å². The lowest BCUT2D eigenvalue weighted by Crippen LogP contribution is -2.42. The number of guanidine groups is 1. The van der Waals surface area contributed by atoms with Crippen molar-refractivity contribution in [2.24, 2.45) is 5.73 Å². The third-order valence-corrected chi connectivity index (χ3v) is 6.10. The van der Waals surface area contributed by atoms with Crippen molar-refractivity contribution in [3.8, 4) is 11.4 Å². The first-order valence-corrected chi connectivity index (χ1v) is 11.2. The van der Waals surface area contributed by atoms with Gasteiger partial charge in [0.2, 0.25) is 11.7 Å². The molecule has 4 rings (SSSR count). The molecule has 0 unspecified atom stereocenters. The van der Waals surface area contributed by atoms with E-state index in [4.69, 9.17) is 20.7 Å². The summed E-state index contributed by atoms with van der Waals surface area (Å²) in [6, 6.07) is 8.31. The molecule has 0 radical (unpaired) electrons. The summed E-state index contributed by atoms with van der Waals surface area (Å²) in [6.07, 6.45) is 11.5. The molecule has 160 valence electrons. The Morgan fingerprint density at radius 3 is 2.90 bits per heavy atom. The van der Waals surface area contributed by atoms with Gasteiger partial charge in [0, 0.05) is 35.8 Å². The molecule has 0 aliphatic carbocycles. The van der Waals surface area contributed by atoms with E-state index < -0.39 is 0 Å². The van der Waals surface area contributed by atoms with Crippen LogP contribution in [0.2, 0.25) is 0 Å². The summed E-state index contributed by atoms with van der Waals surface area (Å²) in [7, 11) is 0. The number of nitrogens with one attached hydrogen (secondary N) is 1. The van der Waals surface area contributed by atoms with E-state index in [1.54, 1.807) is 0 Å². The average Bonchev–Trinajstić information content (AvgIpc) is 3.41. The molecule has 0 spiro atoms. The zero-order valence-electron chi connectivity index (χ0n) is 17.8. The second-order valence-electron chi connectivity index (χ2n) is 8.21. The average molecular weight is 409 g/mol. The van der Waals surface area contributed by atoms with Gasteiger partial charge in [-0.15, -0.1) is 0 Å². The number of aryl methyl sites for hydroxylation is 1. The van der Waals surface area contributed by atoms with E-state index in [9.17, 15) is 0 Å². The molecule has 1 fully saturated rings. The molecular formula is C23H32N6O. The van der Waals surface area contributed by atoms with Crippen molar-refractivity contribution < 1.29 is 4.52 Å². The predicted molar refractivity (Wildman–Crippen MR) is 119 cm³/mol. The highest BCUT2D eigenvalue weighted by molar-refractivity contribution is 5.93. The van der Waals surface area contributed by atoms with E-state index in [0.29, 0.717) is 11.7 Å². The lowest BCUT2D eigenvalue weighted by Gasteiger charge is -2.33. The number of hydrogen-bond donors (Lipinski definition) is 2. The van der Waals surface area contributed by atoms with Crippen LogP contribution in [0.5, 0.6) is 0 Å². The van der Waals surface area contributed by atoms with Gasteiger partial charge in [-0.25, -0.2) is 0 Å². The van der Waals surface area contributed by atoms with Gasteiger partial charge in [0.05, 0.1) is 0 Å². The molecule has 0 saturated carbocycles. The van der Waals surface area contributed by atoms with Crippen LogP contribution in [0.15, 0.2) is 35.0 Å². The van der Waals surface area contributed by atoms with Crippen LogP contribution in [0.4, 0.5) is 0 Å². The highest BCUT2D eigenvalue weighted by Crippen LogP contribution is 2.33. The first kappa shape index (κ1) is 20.4. The fraction of sp³-hybridized carbons (Fsp3) is 0.522. The summed E-state index contributed by atoms with van der Waals surface area (Å²) in [6.45, 7) is 4.04. The highest BCUT2D eigenvalue weighted by Gasteiger charge is 2.30. The van der Waals surface area contributed by atoms with Crippen LogP contribution in [0.25, 0.3) is 22.3 Å². The van der Waals surface area contributed by atoms with Crippen LogP contribution < -0.4 is 5.73 Å². The molecule has 1 aliphatic heterocycles. The summed E-state index contributed by atoms with van der Waals surface area (Å²) in [5.74, 6) is 1.22. The Kier molecular flexibility index (Phi) is 6.35. The molecule has 0 amide bonds. The van der Waals surface area contributed by atoms with Crippen LogP contribution >= 0.6 is 0 Å². The van der Waals surface area contributed by atoms with Crippen molar-refractivity contribution in [2.75, 3.05) is 6.54 Å². The molecule has 2 aromatic heterocycles. The number of nitrogens with zero attached hydrogens (tertiary/aromatic N) is 4. The summed E-state index contributed by atoms with van der Waals surface area (Å²) in [4.78, 5) is 6.57. The maximum Gasteiger partial charge on any atom is 0.249 e. The Morgan fingerprint density at radius 2 is 2.07 bits per heavy atom. The Labute approximate surface area is 177 Å². The zero-order valence-corrected chi connectivity index (χ0v) is 17.8. The lowest BCUT2D eigenvalue weighted by molar-refractivity contribution is 0.192. The van der Waals surface area contributed by atoms with Gasteiger partial charge in [0.15, 0.2) is 5.96 Å². The molecule has 1 saturated heterocycles. The summed E-state index contributed by atoms with van der Waals surface area (Å²) in [5.41, 5.74) is 7.96. The van der Waals surface area contributed by atoms with Crippen LogP contribution in [0.3, 0.4) is 0 Å². The molecule has 7 heteroatoms. The number of aromatic nitrogens is 3. The summed E-state index contributed by atoms with van der Waals surface area (Å²) in [5, 5.41) is 13.3. The molecule has 7 nitrogen and oxygen atoms in total. The van der Waals surface area contributed by atoms with Gasteiger partial charge in [-0.05, 0) is 37.8 Å². The first-order valence-electron chi connectivity index (χ1n) is 11.2. The zero-order chi connectivity index (χ0) is 20.9. The molecular weight excluding hydrogens is 376 g/mol. The van der Waals surface area contributed by atoms with Crippen LogP contribution in [-0.2, 0) is 6.54 Å². The number of nitrogens with two attached hydrogens (primary N) is 1. The van der Waals surface area contributed by atoms with Crippen LogP contribution in [0.1, 0.15) is 70.2 Å². The van der Waals surface area contributed by atoms with Crippen molar-refractivity contribution in [3.63, 3.8) is 0 Å². The number of rotatable bonds is 8. The number of piperidine rings is 1. The minimum atomic E-state index is -0.107. The number of fused-ring (bicyclic) bond motifs is 1. The normalized spacial score (nSPS) is 17.0. The minimum absolute atomic E-state index is 0.0672. The van der Waals surface area contributed by atoms with E-state index in [-0.39, 0.29) is 12.0 Å². The quantitative estimate of drug-likeness (QED) is 0.308. The molecule has 1 aliphatic rings. The van der Waals surface area contributed by atoms with Gasteiger partial charge in [-0.3, -0.25) is 5.41 Å². The molecule has 30 heavy (non-hydrogen) atoms. The number of likely N-dealkylation sites (tertiary alicyclic amines) is 1. The SMILES string of the molecule is CCCCCCCn1ccc2c(-c3noc([C@@H]4CCCCN4C(=N)N)n3)cccc21. The van der Waals surface area contributed by atoms with E-state index in [1.165, 1.54) is 37.6 Å². The van der Waals surface area contributed by atoms with E-state index in [0.717, 1.165) is 43.3 Å². The third kappa shape index (κ3) is 4.20. The van der Waals surface area contributed by atoms with Gasteiger partial charge in [0.1, 0.15) is 6.04 Å². The molecule has 3 aromatic rings. The van der Waals surface area contributed by atoms with Crippen molar-refractivity contribution in [1.82, 2.24) is 19.6 Å². The highest BCUT2D eigenvalue weighted by atomic mass is 16.5. The Hall–Kier alpha value is -2.83. The molecule has 3 N–H and O–H groups in total. The number of benzene rings is 1. The van der Waals surface area contributed by atoms with E-state index in [1.807, 2.05) is 11.0 Å². The second kappa shape index (κ2) is 9.32. The number of hydrogen-bond acceptors (Lipinski definition) is 4. The Bertz CT molecular complexity index is 991. The second-order valence-corrected chi connectivity index (χ2v) is 8.21. The van der Waals surface area contributed by atoms with Crippen molar-refractivity contribution in [2.45, 2.75) is 70.9 Å². The third-order valence-electron chi connectivity index (χ3n) is 6.10. The largest absolute Gasteiger partial charge is 0.370 e. The maximum atomic E-state index is 7.85. The van der Waals surface area contributed by atoms with E-state index >= 15 is 0 Å². The van der Waals surface area contributed by atoms with Gasteiger partial charge >= 0.3 is 0 Å². The number of unbranched alkanes of at least 4 members (excludes halogenated alkanes) is 4. The molecule has 3 heterocycles. The monoisotopic (exact) mass is 408 g/mol. The van der Waals surface area contributed by atoms with Gasteiger partial charge in [-0.1, -0.05) is 49.9 Å². The first-order chi connectivity index (χ1) is 14.7. The maximum absolute atomic E-state index is 7.85. The lowest BCUT2D eigenvalue weighted by atomic mass is 10.0. The smallest absolute Gasteiger partial charge is 0.249 e. The minimum Gasteiger partial charge on any atom is -0.370 e. The van der Waals surface area contributed by atoms with Crippen molar-refractivity contribution in [1.29, 1.82) is 5.41 Å². The standard InChI is InChI=1S/C23H32N6O/c1-2-3-4-5-7-14-28-16-13-17-18(10-9-12-19(17)28)21-26-22(30-27-21)20-11-6-8-15-29(20)23(24)25/h9-10,12-13,16,20H,2-8,11,14-15H2,1H3,(H3,24,25)/t20-/m0/s1. The predicted octanol–water partition coefficient (Wildman–Crippen LogP) is 5.08. The fourth-order valence-electron chi connectivity index (χ4n) is 4.46.